The number of halogens is 3. The fourth-order valence-electron chi connectivity index (χ4n) is 1.65. The minimum atomic E-state index is -0.864. The van der Waals surface area contributed by atoms with Gasteiger partial charge in [-0.25, -0.2) is 4.39 Å². The Morgan fingerprint density at radius 3 is 2.83 bits per heavy atom. The Hall–Kier alpha value is -0.970. The van der Waals surface area contributed by atoms with Crippen molar-refractivity contribution in [2.75, 3.05) is 0 Å². The molecule has 1 aromatic heterocycles. The SMILES string of the molecule is OC(Cc1cccc(F)c1Br)c1ncccc1Cl. The van der Waals surface area contributed by atoms with Gasteiger partial charge in [0, 0.05) is 12.6 Å². The first-order valence-corrected chi connectivity index (χ1v) is 6.48. The van der Waals surface area contributed by atoms with Gasteiger partial charge in [0.1, 0.15) is 11.9 Å². The van der Waals surface area contributed by atoms with Crippen LogP contribution in [0.4, 0.5) is 4.39 Å². The maximum atomic E-state index is 13.3. The number of aliphatic hydroxyl groups excluding tert-OH is 1. The first-order chi connectivity index (χ1) is 8.59. The number of aromatic nitrogens is 1. The molecule has 1 aromatic carbocycles. The number of nitrogens with zero attached hydrogens (tertiary/aromatic N) is 1. The van der Waals surface area contributed by atoms with Gasteiger partial charge in [-0.3, -0.25) is 4.98 Å². The van der Waals surface area contributed by atoms with Crippen molar-refractivity contribution in [1.82, 2.24) is 4.98 Å². The molecule has 1 atom stereocenters. The van der Waals surface area contributed by atoms with E-state index in [0.29, 0.717) is 20.8 Å². The molecule has 0 aliphatic rings. The highest BCUT2D eigenvalue weighted by Gasteiger charge is 2.16. The molecule has 0 aliphatic heterocycles. The van der Waals surface area contributed by atoms with Gasteiger partial charge in [0.05, 0.1) is 15.2 Å². The summed E-state index contributed by atoms with van der Waals surface area (Å²) in [4.78, 5) is 4.04. The van der Waals surface area contributed by atoms with E-state index in [0.717, 1.165) is 0 Å². The van der Waals surface area contributed by atoms with E-state index in [-0.39, 0.29) is 12.2 Å². The molecule has 2 rings (SSSR count). The first-order valence-electron chi connectivity index (χ1n) is 5.31. The molecule has 18 heavy (non-hydrogen) atoms. The van der Waals surface area contributed by atoms with E-state index >= 15 is 0 Å². The lowest BCUT2D eigenvalue weighted by Crippen LogP contribution is -2.05. The van der Waals surface area contributed by atoms with E-state index in [4.69, 9.17) is 11.6 Å². The van der Waals surface area contributed by atoms with Crippen LogP contribution >= 0.6 is 27.5 Å². The standard InChI is InChI=1S/C13H10BrClFNO/c14-12-8(3-1-5-10(12)16)7-11(18)13-9(15)4-2-6-17-13/h1-6,11,18H,7H2. The van der Waals surface area contributed by atoms with Crippen molar-refractivity contribution in [2.45, 2.75) is 12.5 Å². The van der Waals surface area contributed by atoms with E-state index in [1.807, 2.05) is 0 Å². The van der Waals surface area contributed by atoms with Crippen LogP contribution in [0.3, 0.4) is 0 Å². The van der Waals surface area contributed by atoms with Crippen molar-refractivity contribution >= 4 is 27.5 Å². The van der Waals surface area contributed by atoms with Gasteiger partial charge in [-0.2, -0.15) is 0 Å². The molecular weight excluding hydrogens is 321 g/mol. The average molecular weight is 331 g/mol. The van der Waals surface area contributed by atoms with Crippen molar-refractivity contribution in [3.8, 4) is 0 Å². The molecule has 0 bridgehead atoms. The lowest BCUT2D eigenvalue weighted by Gasteiger charge is -2.12. The van der Waals surface area contributed by atoms with E-state index in [9.17, 15) is 9.50 Å². The molecular formula is C13H10BrClFNO. The van der Waals surface area contributed by atoms with Crippen LogP contribution in [0.1, 0.15) is 17.4 Å². The van der Waals surface area contributed by atoms with Gasteiger partial charge in [-0.05, 0) is 39.7 Å². The highest BCUT2D eigenvalue weighted by atomic mass is 79.9. The largest absolute Gasteiger partial charge is 0.386 e. The normalized spacial score (nSPS) is 12.4. The quantitative estimate of drug-likeness (QED) is 0.925. The van der Waals surface area contributed by atoms with Crippen LogP contribution in [0.25, 0.3) is 0 Å². The Bertz CT molecular complexity index is 564. The highest BCUT2D eigenvalue weighted by molar-refractivity contribution is 9.10. The lowest BCUT2D eigenvalue weighted by atomic mass is 10.1. The summed E-state index contributed by atoms with van der Waals surface area (Å²) in [7, 11) is 0. The minimum absolute atomic E-state index is 0.245. The summed E-state index contributed by atoms with van der Waals surface area (Å²) in [6.07, 6.45) is 0.942. The van der Waals surface area contributed by atoms with Gasteiger partial charge in [-0.1, -0.05) is 23.7 Å². The number of hydrogen-bond acceptors (Lipinski definition) is 2. The van der Waals surface area contributed by atoms with Gasteiger partial charge in [0.2, 0.25) is 0 Å². The number of benzene rings is 1. The van der Waals surface area contributed by atoms with Crippen LogP contribution in [0.15, 0.2) is 41.0 Å². The molecule has 0 spiro atoms. The molecule has 0 amide bonds. The molecule has 2 nitrogen and oxygen atoms in total. The zero-order chi connectivity index (χ0) is 13.1. The Morgan fingerprint density at radius 1 is 1.33 bits per heavy atom. The maximum absolute atomic E-state index is 13.3. The Labute approximate surface area is 118 Å². The van der Waals surface area contributed by atoms with Crippen molar-refractivity contribution in [3.63, 3.8) is 0 Å². The summed E-state index contributed by atoms with van der Waals surface area (Å²) < 4.78 is 13.7. The van der Waals surface area contributed by atoms with Crippen LogP contribution < -0.4 is 0 Å². The fourth-order valence-corrected chi connectivity index (χ4v) is 2.33. The maximum Gasteiger partial charge on any atom is 0.137 e. The minimum Gasteiger partial charge on any atom is -0.386 e. The van der Waals surface area contributed by atoms with Crippen molar-refractivity contribution in [1.29, 1.82) is 0 Å². The molecule has 1 unspecified atom stereocenters. The van der Waals surface area contributed by atoms with Gasteiger partial charge >= 0.3 is 0 Å². The van der Waals surface area contributed by atoms with Gasteiger partial charge in [0.15, 0.2) is 0 Å². The number of rotatable bonds is 3. The third-order valence-electron chi connectivity index (χ3n) is 2.55. The summed E-state index contributed by atoms with van der Waals surface area (Å²) in [6.45, 7) is 0. The predicted molar refractivity (Wildman–Crippen MR) is 72.0 cm³/mol. The van der Waals surface area contributed by atoms with Crippen LogP contribution in [0, 0.1) is 5.82 Å². The first kappa shape index (κ1) is 13.5. The van der Waals surface area contributed by atoms with Crippen molar-refractivity contribution in [2.24, 2.45) is 0 Å². The van der Waals surface area contributed by atoms with Gasteiger partial charge < -0.3 is 5.11 Å². The molecule has 1 heterocycles. The summed E-state index contributed by atoms with van der Waals surface area (Å²) in [6, 6.07) is 8.05. The Kier molecular flexibility index (Phi) is 4.32. The second kappa shape index (κ2) is 5.78. The topological polar surface area (TPSA) is 33.1 Å². The second-order valence-corrected chi connectivity index (χ2v) is 5.00. The van der Waals surface area contributed by atoms with Crippen molar-refractivity contribution < 1.29 is 9.50 Å². The third-order valence-corrected chi connectivity index (χ3v) is 3.76. The molecule has 0 fully saturated rings. The monoisotopic (exact) mass is 329 g/mol. The zero-order valence-electron chi connectivity index (χ0n) is 9.28. The third kappa shape index (κ3) is 2.88. The zero-order valence-corrected chi connectivity index (χ0v) is 11.6. The second-order valence-electron chi connectivity index (χ2n) is 3.80. The average Bonchev–Trinajstić information content (AvgIpc) is 2.35. The van der Waals surface area contributed by atoms with E-state index in [2.05, 4.69) is 20.9 Å². The van der Waals surface area contributed by atoms with Crippen LogP contribution in [0.2, 0.25) is 5.02 Å². The fraction of sp³-hybridized carbons (Fsp3) is 0.154. The summed E-state index contributed by atoms with van der Waals surface area (Å²) in [5.41, 5.74) is 1.07. The van der Waals surface area contributed by atoms with Crippen molar-refractivity contribution in [3.05, 3.63) is 63.1 Å². The highest BCUT2D eigenvalue weighted by Crippen LogP contribution is 2.27. The van der Waals surface area contributed by atoms with E-state index < -0.39 is 6.10 Å². The summed E-state index contributed by atoms with van der Waals surface area (Å²) in [5, 5.41) is 10.5. The molecule has 5 heteroatoms. The summed E-state index contributed by atoms with van der Waals surface area (Å²) >= 11 is 9.11. The number of aliphatic hydroxyl groups is 1. The summed E-state index contributed by atoms with van der Waals surface area (Å²) in [5.74, 6) is -0.355. The van der Waals surface area contributed by atoms with Crippen LogP contribution in [-0.2, 0) is 6.42 Å². The Morgan fingerprint density at radius 2 is 2.11 bits per heavy atom. The van der Waals surface area contributed by atoms with Crippen LogP contribution in [-0.4, -0.2) is 10.1 Å². The lowest BCUT2D eigenvalue weighted by molar-refractivity contribution is 0.173. The van der Waals surface area contributed by atoms with Gasteiger partial charge in [-0.15, -0.1) is 0 Å². The number of pyridine rings is 1. The molecule has 2 aromatic rings. The predicted octanol–water partition coefficient (Wildman–Crippen LogP) is 3.91. The Balaban J connectivity index is 2.24. The van der Waals surface area contributed by atoms with E-state index in [1.54, 1.807) is 30.5 Å². The molecule has 0 aliphatic carbocycles. The number of hydrogen-bond donors (Lipinski definition) is 1. The molecule has 0 radical (unpaired) electrons. The molecule has 1 N–H and O–H groups in total. The molecule has 0 saturated heterocycles. The molecule has 94 valence electrons. The van der Waals surface area contributed by atoms with E-state index in [1.165, 1.54) is 6.07 Å². The smallest absolute Gasteiger partial charge is 0.137 e. The van der Waals surface area contributed by atoms with Gasteiger partial charge in [0.25, 0.3) is 0 Å². The molecule has 0 saturated carbocycles. The van der Waals surface area contributed by atoms with Crippen LogP contribution in [0.5, 0.6) is 0 Å².